The average Bonchev–Trinajstić information content (AvgIpc) is 3.64. The second-order valence-electron chi connectivity index (χ2n) is 21.8. The third-order valence-electron chi connectivity index (χ3n) is 14.9. The lowest BCUT2D eigenvalue weighted by Gasteiger charge is -2.48. The minimum Gasteiger partial charge on any atom is -0.394 e. The van der Waals surface area contributed by atoms with E-state index in [0.717, 1.165) is 83.5 Å². The maximum atomic E-state index is 13.3. The van der Waals surface area contributed by atoms with Crippen molar-refractivity contribution in [1.82, 2.24) is 5.32 Å². The zero-order valence-electron chi connectivity index (χ0n) is 49.2. The highest BCUT2D eigenvalue weighted by Gasteiger charge is 2.53. The number of allylic oxidation sites excluding steroid dienone is 13. The summed E-state index contributed by atoms with van der Waals surface area (Å²) in [4.78, 5) is 13.3. The highest BCUT2D eigenvalue weighted by molar-refractivity contribution is 5.76. The van der Waals surface area contributed by atoms with Crippen LogP contribution >= 0.6 is 0 Å². The van der Waals surface area contributed by atoms with Crippen molar-refractivity contribution >= 4 is 5.91 Å². The van der Waals surface area contributed by atoms with Crippen LogP contribution in [0.15, 0.2) is 85.1 Å². The Morgan fingerprint density at radius 1 is 0.451 bits per heavy atom. The predicted molar refractivity (Wildman–Crippen MR) is 314 cm³/mol. The van der Waals surface area contributed by atoms with Gasteiger partial charge in [-0.3, -0.25) is 4.79 Å². The maximum Gasteiger partial charge on any atom is 0.220 e. The van der Waals surface area contributed by atoms with Gasteiger partial charge >= 0.3 is 0 Å². The van der Waals surface area contributed by atoms with Crippen LogP contribution in [0.4, 0.5) is 0 Å². The summed E-state index contributed by atoms with van der Waals surface area (Å²) in [6.07, 6.45) is 28.7. The Kier molecular flexibility index (Phi) is 40.5. The molecule has 0 saturated carbocycles. The van der Waals surface area contributed by atoms with Gasteiger partial charge in [-0.05, 0) is 77.0 Å². The van der Waals surface area contributed by atoms with Gasteiger partial charge in [0.05, 0.1) is 38.6 Å². The van der Waals surface area contributed by atoms with Gasteiger partial charge in [-0.15, -0.1) is 0 Å². The number of nitrogens with one attached hydrogen (secondary N) is 1. The van der Waals surface area contributed by atoms with Crippen LogP contribution in [0.5, 0.6) is 0 Å². The standard InChI is InChI=1S/C63H107NO18/c1-3-5-7-9-11-13-15-16-17-18-19-20-21-22-23-24-25-26-27-28-29-30-31-33-35-37-39-41-51(69)64-46(47(68)40-38-36-34-32-14-12-10-8-6-4-2)45-77-61-57(75)54(72)59(49(43-66)79-61)82-63-58(76)55(73)60(50(44-67)80-63)81-62-56(74)53(71)52(70)48(42-65)78-62/h5,7,11,13-14,16-17,19-20,22-23,32,38,40,46-50,52-63,65-68,70-76H,3-4,6,8-10,12,15,18,21,24-31,33-37,39,41-45H2,1-2H3,(H,64,69)/b7-5-,13-11-,17-16-,20-19-,23-22-,32-14+,40-38+. The summed E-state index contributed by atoms with van der Waals surface area (Å²) in [6.45, 7) is 1.52. The molecule has 0 aromatic rings. The third kappa shape index (κ3) is 28.4. The van der Waals surface area contributed by atoms with Crippen molar-refractivity contribution in [1.29, 1.82) is 0 Å². The summed E-state index contributed by atoms with van der Waals surface area (Å²) in [5, 5.41) is 120. The lowest BCUT2D eigenvalue weighted by molar-refractivity contribution is -0.379. The van der Waals surface area contributed by atoms with Crippen LogP contribution in [0, 0.1) is 0 Å². The fourth-order valence-electron chi connectivity index (χ4n) is 9.88. The summed E-state index contributed by atoms with van der Waals surface area (Å²) in [5.74, 6) is -0.296. The number of rotatable bonds is 44. The number of amides is 1. The minimum absolute atomic E-state index is 0.226. The van der Waals surface area contributed by atoms with Gasteiger partial charge in [-0.25, -0.2) is 0 Å². The van der Waals surface area contributed by atoms with Crippen LogP contribution in [0.25, 0.3) is 0 Å². The molecule has 19 nitrogen and oxygen atoms in total. The normalized spacial score (nSPS) is 30.2. The van der Waals surface area contributed by atoms with E-state index in [1.54, 1.807) is 6.08 Å². The molecular weight excluding hydrogens is 1060 g/mol. The van der Waals surface area contributed by atoms with Crippen molar-refractivity contribution in [2.45, 2.75) is 279 Å². The Hall–Kier alpha value is -3.03. The van der Waals surface area contributed by atoms with E-state index in [1.807, 2.05) is 6.08 Å². The molecule has 3 aliphatic heterocycles. The van der Waals surface area contributed by atoms with E-state index in [0.29, 0.717) is 12.8 Å². The van der Waals surface area contributed by atoms with Gasteiger partial charge in [0.15, 0.2) is 18.9 Å². The van der Waals surface area contributed by atoms with E-state index in [-0.39, 0.29) is 18.9 Å². The van der Waals surface area contributed by atoms with Crippen LogP contribution in [0.1, 0.15) is 174 Å². The first kappa shape index (κ1) is 73.2. The van der Waals surface area contributed by atoms with Crippen molar-refractivity contribution in [3.8, 4) is 0 Å². The molecule has 12 N–H and O–H groups in total. The predicted octanol–water partition coefficient (Wildman–Crippen LogP) is 5.98. The second kappa shape index (κ2) is 45.3. The Labute approximate surface area is 489 Å². The van der Waals surface area contributed by atoms with E-state index in [2.05, 4.69) is 92.1 Å². The Bertz CT molecular complexity index is 1820. The Morgan fingerprint density at radius 2 is 0.854 bits per heavy atom. The van der Waals surface area contributed by atoms with Gasteiger partial charge < -0.3 is 89.9 Å². The molecule has 0 spiro atoms. The first-order valence-electron chi connectivity index (χ1n) is 30.8. The average molecular weight is 1170 g/mol. The van der Waals surface area contributed by atoms with E-state index in [9.17, 15) is 61.0 Å². The topological polar surface area (TPSA) is 307 Å². The van der Waals surface area contributed by atoms with Gasteiger partial charge in [0.25, 0.3) is 0 Å². The lowest BCUT2D eigenvalue weighted by atomic mass is 9.96. The molecule has 3 aliphatic rings. The Balaban J connectivity index is 1.42. The molecule has 3 heterocycles. The van der Waals surface area contributed by atoms with Gasteiger partial charge in [0, 0.05) is 6.42 Å². The van der Waals surface area contributed by atoms with E-state index < -0.39 is 124 Å². The number of carbonyl (C=O) groups excluding carboxylic acids is 1. The molecule has 0 aliphatic carbocycles. The van der Waals surface area contributed by atoms with Crippen LogP contribution in [0.3, 0.4) is 0 Å². The third-order valence-corrected chi connectivity index (χ3v) is 14.9. The number of hydrogen-bond donors (Lipinski definition) is 12. The molecule has 3 rings (SSSR count). The Morgan fingerprint density at radius 3 is 1.37 bits per heavy atom. The molecule has 3 saturated heterocycles. The molecule has 0 bridgehead atoms. The molecular formula is C63H107NO18. The van der Waals surface area contributed by atoms with Gasteiger partial charge in [0.1, 0.15) is 73.2 Å². The number of hydrogen-bond acceptors (Lipinski definition) is 18. The summed E-state index contributed by atoms with van der Waals surface area (Å²) in [7, 11) is 0. The summed E-state index contributed by atoms with van der Waals surface area (Å²) < 4.78 is 34.2. The first-order chi connectivity index (χ1) is 39.8. The molecule has 0 radical (unpaired) electrons. The number of aliphatic hydroxyl groups excluding tert-OH is 11. The molecule has 1 amide bonds. The summed E-state index contributed by atoms with van der Waals surface area (Å²) >= 11 is 0. The minimum atomic E-state index is -1.98. The summed E-state index contributed by atoms with van der Waals surface area (Å²) in [5.41, 5.74) is 0. The summed E-state index contributed by atoms with van der Waals surface area (Å²) in [6, 6.07) is -0.994. The van der Waals surface area contributed by atoms with Crippen molar-refractivity contribution in [3.63, 3.8) is 0 Å². The van der Waals surface area contributed by atoms with Crippen LogP contribution in [-0.4, -0.2) is 193 Å². The van der Waals surface area contributed by atoms with Crippen molar-refractivity contribution in [2.24, 2.45) is 0 Å². The fraction of sp³-hybridized carbons (Fsp3) is 0.762. The fourth-order valence-corrected chi connectivity index (χ4v) is 9.88. The van der Waals surface area contributed by atoms with Gasteiger partial charge in [0.2, 0.25) is 5.91 Å². The number of aliphatic hydroxyl groups is 11. The van der Waals surface area contributed by atoms with Crippen LogP contribution < -0.4 is 5.32 Å². The smallest absolute Gasteiger partial charge is 0.220 e. The van der Waals surface area contributed by atoms with Crippen molar-refractivity contribution < 1.29 is 89.4 Å². The van der Waals surface area contributed by atoms with E-state index in [4.69, 9.17) is 28.4 Å². The lowest BCUT2D eigenvalue weighted by Crippen LogP contribution is -2.66. The zero-order valence-corrected chi connectivity index (χ0v) is 49.2. The second-order valence-corrected chi connectivity index (χ2v) is 21.8. The monoisotopic (exact) mass is 1170 g/mol. The number of ether oxygens (including phenoxy) is 6. The molecule has 3 fully saturated rings. The molecule has 17 unspecified atom stereocenters. The van der Waals surface area contributed by atoms with Crippen molar-refractivity contribution in [3.05, 3.63) is 85.1 Å². The van der Waals surface area contributed by atoms with Crippen molar-refractivity contribution in [2.75, 3.05) is 26.4 Å². The van der Waals surface area contributed by atoms with Crippen LogP contribution in [0.2, 0.25) is 0 Å². The largest absolute Gasteiger partial charge is 0.394 e. The maximum absolute atomic E-state index is 13.3. The highest BCUT2D eigenvalue weighted by atomic mass is 16.8. The molecule has 19 heteroatoms. The molecule has 472 valence electrons. The van der Waals surface area contributed by atoms with E-state index >= 15 is 0 Å². The zero-order chi connectivity index (χ0) is 59.7. The molecule has 0 aromatic carbocycles. The van der Waals surface area contributed by atoms with Gasteiger partial charge in [-0.1, -0.05) is 176 Å². The first-order valence-corrected chi connectivity index (χ1v) is 30.8. The highest BCUT2D eigenvalue weighted by Crippen LogP contribution is 2.33. The number of carbonyl (C=O) groups is 1. The molecule has 82 heavy (non-hydrogen) atoms. The number of unbranched alkanes of at least 4 members (excludes halogenated alkanes) is 16. The van der Waals surface area contributed by atoms with E-state index in [1.165, 1.54) is 57.8 Å². The quantitative estimate of drug-likeness (QED) is 0.0247. The SMILES string of the molecule is CC/C=C\C/C=C\C/C=C\C/C=C\C/C=C\CCCCCCCCCCCCCC(=O)NC(COC1OC(CO)C(OC2OC(CO)C(OC3OC(CO)C(O)C(O)C3O)C(O)C2O)C(O)C1O)C(O)/C=C/CC/C=C/CCCCCC. The van der Waals surface area contributed by atoms with Gasteiger partial charge in [-0.2, -0.15) is 0 Å². The molecule has 0 aromatic heterocycles. The molecule has 17 atom stereocenters. The van der Waals surface area contributed by atoms with Crippen LogP contribution in [-0.2, 0) is 33.2 Å².